The minimum absolute atomic E-state index is 0.0464. The van der Waals surface area contributed by atoms with Gasteiger partial charge in [-0.05, 0) is 29.3 Å². The molecule has 3 heterocycles. The topological polar surface area (TPSA) is 95.1 Å². The van der Waals surface area contributed by atoms with Crippen molar-refractivity contribution >= 4 is 22.7 Å². The Labute approximate surface area is 185 Å². The fourth-order valence-electron chi connectivity index (χ4n) is 5.00. The molecular weight excluding hydrogens is 410 g/mol. The predicted molar refractivity (Wildman–Crippen MR) is 118 cm³/mol. The van der Waals surface area contributed by atoms with Crippen LogP contribution in [0, 0.1) is 0 Å². The number of carbonyl (C=O) groups is 2. The Balaban J connectivity index is 1.71. The third-order valence-electron chi connectivity index (χ3n) is 6.44. The maximum atomic E-state index is 13.3. The Morgan fingerprint density at radius 1 is 1.09 bits per heavy atom. The lowest BCUT2D eigenvalue weighted by atomic mass is 9.86. The summed E-state index contributed by atoms with van der Waals surface area (Å²) in [5.41, 5.74) is 3.74. The van der Waals surface area contributed by atoms with E-state index in [1.165, 1.54) is 4.90 Å². The number of para-hydroxylation sites is 1. The smallest absolute Gasteiger partial charge is 0.246 e. The van der Waals surface area contributed by atoms with E-state index in [2.05, 4.69) is 4.98 Å². The highest BCUT2D eigenvalue weighted by Crippen LogP contribution is 2.44. The second-order valence-corrected chi connectivity index (χ2v) is 8.08. The molecule has 0 saturated carbocycles. The molecule has 166 valence electrons. The average Bonchev–Trinajstić information content (AvgIpc) is 3.19. The molecule has 5 rings (SSSR count). The molecule has 0 bridgehead atoms. The van der Waals surface area contributed by atoms with Crippen molar-refractivity contribution in [2.24, 2.45) is 0 Å². The van der Waals surface area contributed by atoms with E-state index >= 15 is 0 Å². The monoisotopic (exact) mass is 435 g/mol. The maximum Gasteiger partial charge on any atom is 0.246 e. The molecule has 1 fully saturated rings. The standard InChI is InChI=1S/C24H25N3O5/c1-31-19-8-7-14(11-20(19)32-2)23-22-16(15-5-3-4-6-17(15)25-22)12-18-24(30)26(9-10-28)13-21(29)27(18)23/h3-8,11,18,23,25,28H,9-10,12-13H2,1-2H3. The van der Waals surface area contributed by atoms with Gasteiger partial charge < -0.3 is 29.4 Å². The molecule has 3 aromatic rings. The predicted octanol–water partition coefficient (Wildman–Crippen LogP) is 1.86. The molecule has 8 nitrogen and oxygen atoms in total. The number of aliphatic hydroxyl groups excluding tert-OH is 1. The van der Waals surface area contributed by atoms with Gasteiger partial charge >= 0.3 is 0 Å². The second kappa shape index (κ2) is 7.87. The van der Waals surface area contributed by atoms with Crippen molar-refractivity contribution in [1.29, 1.82) is 0 Å². The van der Waals surface area contributed by atoms with E-state index in [9.17, 15) is 14.7 Å². The Morgan fingerprint density at radius 3 is 2.62 bits per heavy atom. The van der Waals surface area contributed by atoms with Crippen molar-refractivity contribution in [2.45, 2.75) is 18.5 Å². The summed E-state index contributed by atoms with van der Waals surface area (Å²) in [5, 5.41) is 10.4. The molecule has 2 unspecified atom stereocenters. The number of carbonyl (C=O) groups excluding carboxylic acids is 2. The highest BCUT2D eigenvalue weighted by molar-refractivity contribution is 5.97. The van der Waals surface area contributed by atoms with Crippen molar-refractivity contribution in [3.8, 4) is 11.5 Å². The van der Waals surface area contributed by atoms with Gasteiger partial charge in [-0.1, -0.05) is 24.3 Å². The summed E-state index contributed by atoms with van der Waals surface area (Å²) in [6, 6.07) is 12.4. The van der Waals surface area contributed by atoms with Gasteiger partial charge in [-0.25, -0.2) is 0 Å². The van der Waals surface area contributed by atoms with Crippen LogP contribution in [0.1, 0.15) is 22.9 Å². The molecule has 2 aliphatic rings. The highest BCUT2D eigenvalue weighted by atomic mass is 16.5. The number of piperazine rings is 1. The number of aromatic nitrogens is 1. The second-order valence-electron chi connectivity index (χ2n) is 8.08. The highest BCUT2D eigenvalue weighted by Gasteiger charge is 2.48. The number of nitrogens with zero attached hydrogens (tertiary/aromatic N) is 2. The molecule has 32 heavy (non-hydrogen) atoms. The zero-order valence-corrected chi connectivity index (χ0v) is 18.0. The van der Waals surface area contributed by atoms with Gasteiger partial charge in [-0.15, -0.1) is 0 Å². The van der Waals surface area contributed by atoms with Crippen LogP contribution in [0.15, 0.2) is 42.5 Å². The molecule has 1 aromatic heterocycles. The largest absolute Gasteiger partial charge is 0.493 e. The van der Waals surface area contributed by atoms with E-state index in [-0.39, 0.29) is 31.5 Å². The van der Waals surface area contributed by atoms with Crippen LogP contribution in [0.3, 0.4) is 0 Å². The first kappa shape index (κ1) is 20.4. The lowest BCUT2D eigenvalue weighted by molar-refractivity contribution is -0.159. The van der Waals surface area contributed by atoms with Gasteiger partial charge in [-0.2, -0.15) is 0 Å². The number of hydrogen-bond acceptors (Lipinski definition) is 5. The number of fused-ring (bicyclic) bond motifs is 4. The number of hydrogen-bond donors (Lipinski definition) is 2. The first-order valence-electron chi connectivity index (χ1n) is 10.6. The van der Waals surface area contributed by atoms with Gasteiger partial charge in [0.05, 0.1) is 33.4 Å². The minimum Gasteiger partial charge on any atom is -0.493 e. The molecular formula is C24H25N3O5. The molecule has 2 aromatic carbocycles. The van der Waals surface area contributed by atoms with Gasteiger partial charge in [-0.3, -0.25) is 9.59 Å². The Kier molecular flexibility index (Phi) is 5.01. The molecule has 2 aliphatic heterocycles. The van der Waals surface area contributed by atoms with Crippen molar-refractivity contribution in [3.63, 3.8) is 0 Å². The maximum absolute atomic E-state index is 13.3. The van der Waals surface area contributed by atoms with E-state index in [0.717, 1.165) is 27.7 Å². The van der Waals surface area contributed by atoms with Crippen LogP contribution >= 0.6 is 0 Å². The molecule has 8 heteroatoms. The first-order valence-corrected chi connectivity index (χ1v) is 10.6. The summed E-state index contributed by atoms with van der Waals surface area (Å²) < 4.78 is 10.9. The summed E-state index contributed by atoms with van der Waals surface area (Å²) in [6.07, 6.45) is 0.426. The molecule has 0 aliphatic carbocycles. The summed E-state index contributed by atoms with van der Waals surface area (Å²) >= 11 is 0. The quantitative estimate of drug-likeness (QED) is 0.638. The lowest BCUT2D eigenvalue weighted by Crippen LogP contribution is -2.63. The molecule has 1 saturated heterocycles. The van der Waals surface area contributed by atoms with Crippen LogP contribution < -0.4 is 9.47 Å². The van der Waals surface area contributed by atoms with Crippen LogP contribution in [0.5, 0.6) is 11.5 Å². The summed E-state index contributed by atoms with van der Waals surface area (Å²) in [6.45, 7) is -0.0743. The van der Waals surface area contributed by atoms with E-state index in [4.69, 9.17) is 9.47 Å². The van der Waals surface area contributed by atoms with Crippen molar-refractivity contribution in [2.75, 3.05) is 33.9 Å². The van der Waals surface area contributed by atoms with Gasteiger partial charge in [0, 0.05) is 29.6 Å². The number of amides is 2. The summed E-state index contributed by atoms with van der Waals surface area (Å²) in [7, 11) is 3.15. The van der Waals surface area contributed by atoms with Gasteiger partial charge in [0.2, 0.25) is 11.8 Å². The number of benzene rings is 2. The SMILES string of the molecule is COc1ccc(C2c3[nH]c4ccccc4c3CC3C(=O)N(CCO)CC(=O)N32)cc1OC. The van der Waals surface area contributed by atoms with Crippen molar-refractivity contribution in [1.82, 2.24) is 14.8 Å². The van der Waals surface area contributed by atoms with E-state index in [1.807, 2.05) is 42.5 Å². The molecule has 2 atom stereocenters. The summed E-state index contributed by atoms with van der Waals surface area (Å²) in [5.74, 6) is 0.866. The van der Waals surface area contributed by atoms with Gasteiger partial charge in [0.15, 0.2) is 11.5 Å². The molecule has 2 amide bonds. The number of methoxy groups -OCH3 is 2. The van der Waals surface area contributed by atoms with Crippen LogP contribution in [0.2, 0.25) is 0 Å². The van der Waals surface area contributed by atoms with Crippen LogP contribution in [-0.2, 0) is 16.0 Å². The normalized spacial score (nSPS) is 20.3. The number of H-pyrrole nitrogens is 1. The zero-order valence-electron chi connectivity index (χ0n) is 18.0. The number of nitrogens with one attached hydrogen (secondary N) is 1. The molecule has 0 radical (unpaired) electrons. The van der Waals surface area contributed by atoms with Gasteiger partial charge in [0.1, 0.15) is 6.04 Å². The molecule has 2 N–H and O–H groups in total. The third-order valence-corrected chi connectivity index (χ3v) is 6.44. The van der Waals surface area contributed by atoms with Crippen LogP contribution in [-0.4, -0.2) is 71.7 Å². The Hall–Kier alpha value is -3.52. The Bertz CT molecular complexity index is 1200. The fraction of sp³-hybridized carbons (Fsp3) is 0.333. The Morgan fingerprint density at radius 2 is 1.88 bits per heavy atom. The minimum atomic E-state index is -0.632. The zero-order chi connectivity index (χ0) is 22.4. The van der Waals surface area contributed by atoms with Gasteiger partial charge in [0.25, 0.3) is 0 Å². The third kappa shape index (κ3) is 3.02. The number of ether oxygens (including phenoxy) is 2. The van der Waals surface area contributed by atoms with E-state index < -0.39 is 12.1 Å². The first-order chi connectivity index (χ1) is 15.6. The number of rotatable bonds is 5. The van der Waals surface area contributed by atoms with Crippen molar-refractivity contribution in [3.05, 3.63) is 59.3 Å². The van der Waals surface area contributed by atoms with Crippen molar-refractivity contribution < 1.29 is 24.2 Å². The number of aliphatic hydroxyl groups is 1. The fourth-order valence-corrected chi connectivity index (χ4v) is 5.00. The number of aromatic amines is 1. The molecule has 0 spiro atoms. The number of β-amino-alcohol motifs (C(OH)–C–C–N with tert-alkyl or cyclic N) is 1. The van der Waals surface area contributed by atoms with Crippen LogP contribution in [0.4, 0.5) is 0 Å². The average molecular weight is 435 g/mol. The summed E-state index contributed by atoms with van der Waals surface area (Å²) in [4.78, 5) is 33.3. The van der Waals surface area contributed by atoms with Crippen LogP contribution in [0.25, 0.3) is 10.9 Å². The lowest BCUT2D eigenvalue weighted by Gasteiger charge is -2.47. The van der Waals surface area contributed by atoms with E-state index in [0.29, 0.717) is 17.9 Å². The van der Waals surface area contributed by atoms with E-state index in [1.54, 1.807) is 19.1 Å².